The molecule has 29 heavy (non-hydrogen) atoms. The highest BCUT2D eigenvalue weighted by Gasteiger charge is 2.39. The number of benzene rings is 1. The normalized spacial score (nSPS) is 17.7. The molecule has 0 aliphatic carbocycles. The van der Waals surface area contributed by atoms with Crippen LogP contribution in [0.5, 0.6) is 0 Å². The zero-order chi connectivity index (χ0) is 20.8. The fourth-order valence-electron chi connectivity index (χ4n) is 4.04. The second kappa shape index (κ2) is 7.35. The summed E-state index contributed by atoms with van der Waals surface area (Å²) in [7, 11) is -3.70. The summed E-state index contributed by atoms with van der Waals surface area (Å²) in [5.74, 6) is -0.293. The Kier molecular flexibility index (Phi) is 5.00. The average Bonchev–Trinajstić information content (AvgIpc) is 3.29. The average molecular weight is 415 g/mol. The van der Waals surface area contributed by atoms with Crippen molar-refractivity contribution >= 4 is 10.0 Å². The van der Waals surface area contributed by atoms with E-state index in [1.807, 2.05) is 19.1 Å². The number of aromatic amines is 1. The second-order valence-corrected chi connectivity index (χ2v) is 9.29. The summed E-state index contributed by atoms with van der Waals surface area (Å²) in [5.41, 5.74) is 4.28. The van der Waals surface area contributed by atoms with Crippen LogP contribution in [-0.4, -0.2) is 34.4 Å². The van der Waals surface area contributed by atoms with Crippen molar-refractivity contribution in [3.63, 3.8) is 0 Å². The minimum absolute atomic E-state index is 0.246. The van der Waals surface area contributed by atoms with E-state index in [9.17, 15) is 12.8 Å². The quantitative estimate of drug-likeness (QED) is 0.698. The molecule has 0 amide bonds. The summed E-state index contributed by atoms with van der Waals surface area (Å²) >= 11 is 0. The number of pyridine rings is 1. The first-order valence-corrected chi connectivity index (χ1v) is 11.0. The van der Waals surface area contributed by atoms with Crippen LogP contribution < -0.4 is 0 Å². The van der Waals surface area contributed by atoms with Crippen LogP contribution in [-0.2, 0) is 10.0 Å². The van der Waals surface area contributed by atoms with E-state index in [-0.39, 0.29) is 16.8 Å². The summed E-state index contributed by atoms with van der Waals surface area (Å²) in [5, 5.41) is 6.81. The molecule has 1 N–H and O–H groups in total. The predicted octanol–water partition coefficient (Wildman–Crippen LogP) is 4.06. The van der Waals surface area contributed by atoms with Gasteiger partial charge in [-0.3, -0.25) is 10.1 Å². The number of sulfonamides is 1. The summed E-state index contributed by atoms with van der Waals surface area (Å²) < 4.78 is 41.6. The van der Waals surface area contributed by atoms with E-state index < -0.39 is 10.0 Å². The van der Waals surface area contributed by atoms with E-state index in [1.165, 1.54) is 16.4 Å². The zero-order valence-electron chi connectivity index (χ0n) is 16.6. The van der Waals surface area contributed by atoms with E-state index in [0.717, 1.165) is 23.2 Å². The molecule has 4 rings (SSSR count). The molecule has 1 fully saturated rings. The van der Waals surface area contributed by atoms with E-state index in [1.54, 1.807) is 26.0 Å². The summed E-state index contributed by atoms with van der Waals surface area (Å²) in [4.78, 5) is 4.89. The van der Waals surface area contributed by atoms with Gasteiger partial charge in [0.25, 0.3) is 0 Å². The number of H-pyrrole nitrogens is 1. The summed E-state index contributed by atoms with van der Waals surface area (Å²) in [6, 6.07) is 9.77. The summed E-state index contributed by atoms with van der Waals surface area (Å²) in [6.07, 6.45) is 1.47. The molecule has 0 radical (unpaired) electrons. The Morgan fingerprint density at radius 1 is 1.10 bits per heavy atom. The minimum atomic E-state index is -3.70. The maximum absolute atomic E-state index is 13.4. The largest absolute Gasteiger partial charge is 0.281 e. The van der Waals surface area contributed by atoms with E-state index in [0.29, 0.717) is 30.0 Å². The highest BCUT2D eigenvalue weighted by molar-refractivity contribution is 7.89. The molecule has 0 spiro atoms. The number of hydrogen-bond acceptors (Lipinski definition) is 4. The molecule has 3 heterocycles. The van der Waals surface area contributed by atoms with Crippen molar-refractivity contribution in [3.05, 3.63) is 65.0 Å². The highest BCUT2D eigenvalue weighted by Crippen LogP contribution is 2.38. The van der Waals surface area contributed by atoms with E-state index >= 15 is 0 Å². The first-order valence-electron chi connectivity index (χ1n) is 9.55. The van der Waals surface area contributed by atoms with Crippen LogP contribution >= 0.6 is 0 Å². The molecule has 1 atom stereocenters. The third-order valence-electron chi connectivity index (χ3n) is 5.32. The molecule has 1 aliphatic heterocycles. The van der Waals surface area contributed by atoms with Gasteiger partial charge >= 0.3 is 0 Å². The lowest BCUT2D eigenvalue weighted by Gasteiger charge is -2.24. The van der Waals surface area contributed by atoms with Crippen LogP contribution in [0.4, 0.5) is 4.39 Å². The van der Waals surface area contributed by atoms with Gasteiger partial charge in [-0.2, -0.15) is 9.40 Å². The fraction of sp³-hybridized carbons (Fsp3) is 0.333. The number of rotatable bonds is 4. The molecule has 2 aromatic heterocycles. The topological polar surface area (TPSA) is 79.0 Å². The predicted molar refractivity (Wildman–Crippen MR) is 108 cm³/mol. The van der Waals surface area contributed by atoms with Crippen molar-refractivity contribution in [2.75, 3.05) is 6.54 Å². The Balaban J connectivity index is 1.75. The van der Waals surface area contributed by atoms with Crippen molar-refractivity contribution in [2.24, 2.45) is 0 Å². The van der Waals surface area contributed by atoms with Crippen LogP contribution in [0, 0.1) is 26.6 Å². The molecule has 1 aromatic carbocycles. The van der Waals surface area contributed by atoms with Crippen molar-refractivity contribution < 1.29 is 12.8 Å². The summed E-state index contributed by atoms with van der Waals surface area (Å²) in [6.45, 7) is 5.74. The Hall–Kier alpha value is -2.58. The van der Waals surface area contributed by atoms with Gasteiger partial charge in [0, 0.05) is 12.2 Å². The second-order valence-electron chi connectivity index (χ2n) is 7.47. The van der Waals surface area contributed by atoms with E-state index in [2.05, 4.69) is 15.2 Å². The van der Waals surface area contributed by atoms with Gasteiger partial charge in [-0.25, -0.2) is 12.8 Å². The van der Waals surface area contributed by atoms with Crippen molar-refractivity contribution in [2.45, 2.75) is 44.6 Å². The van der Waals surface area contributed by atoms with E-state index in [4.69, 9.17) is 0 Å². The molecule has 6 nitrogen and oxygen atoms in total. The number of aryl methyl sites for hydroxylation is 3. The molecular weight excluding hydrogens is 391 g/mol. The molecule has 0 unspecified atom stereocenters. The van der Waals surface area contributed by atoms with Gasteiger partial charge in [-0.15, -0.1) is 0 Å². The van der Waals surface area contributed by atoms with Gasteiger partial charge in [0.1, 0.15) is 10.7 Å². The van der Waals surface area contributed by atoms with Gasteiger partial charge < -0.3 is 0 Å². The Morgan fingerprint density at radius 2 is 1.83 bits per heavy atom. The number of nitrogens with one attached hydrogen (secondary N) is 1. The third-order valence-corrected chi connectivity index (χ3v) is 7.50. The van der Waals surface area contributed by atoms with Gasteiger partial charge in [0.15, 0.2) is 0 Å². The SMILES string of the molecule is Cc1cc(-c2ccc(F)cc2)cc([C@@H]2CCCN2S(=O)(=O)c2c(C)n[nH]c2C)n1. The molecule has 152 valence electrons. The lowest BCUT2D eigenvalue weighted by molar-refractivity contribution is 0.389. The smallest absolute Gasteiger partial charge is 0.247 e. The molecule has 1 saturated heterocycles. The monoisotopic (exact) mass is 414 g/mol. The maximum Gasteiger partial charge on any atom is 0.247 e. The Morgan fingerprint density at radius 3 is 2.48 bits per heavy atom. The molecule has 8 heteroatoms. The van der Waals surface area contributed by atoms with Crippen LogP contribution in [0.1, 0.15) is 41.7 Å². The van der Waals surface area contributed by atoms with Crippen LogP contribution in [0.2, 0.25) is 0 Å². The Labute approximate surface area is 169 Å². The van der Waals surface area contributed by atoms with Crippen LogP contribution in [0.25, 0.3) is 11.1 Å². The van der Waals surface area contributed by atoms with Crippen molar-refractivity contribution in [1.82, 2.24) is 19.5 Å². The van der Waals surface area contributed by atoms with Gasteiger partial charge in [-0.05, 0) is 69.0 Å². The lowest BCUT2D eigenvalue weighted by atomic mass is 10.0. The third kappa shape index (κ3) is 3.58. The highest BCUT2D eigenvalue weighted by atomic mass is 32.2. The van der Waals surface area contributed by atoms with Gasteiger partial charge in [0.05, 0.1) is 23.1 Å². The van der Waals surface area contributed by atoms with Crippen LogP contribution in [0.15, 0.2) is 41.3 Å². The van der Waals surface area contributed by atoms with Crippen molar-refractivity contribution in [1.29, 1.82) is 0 Å². The molecule has 0 saturated carbocycles. The van der Waals surface area contributed by atoms with Gasteiger partial charge in [0.2, 0.25) is 10.0 Å². The number of hydrogen-bond donors (Lipinski definition) is 1. The minimum Gasteiger partial charge on any atom is -0.281 e. The fourth-order valence-corrected chi connectivity index (χ4v) is 6.04. The standard InChI is InChI=1S/C21H23FN4O2S/c1-13-11-17(16-6-8-18(22)9-7-16)12-19(23-13)20-5-4-10-26(20)29(27,28)21-14(2)24-25-15(21)3/h6-9,11-12,20H,4-5,10H2,1-3H3,(H,24,25)/t20-/m0/s1. The first kappa shape index (κ1) is 19.7. The van der Waals surface area contributed by atoms with Crippen molar-refractivity contribution in [3.8, 4) is 11.1 Å². The van der Waals surface area contributed by atoms with Crippen LogP contribution in [0.3, 0.4) is 0 Å². The molecule has 0 bridgehead atoms. The number of nitrogens with zero attached hydrogens (tertiary/aromatic N) is 3. The van der Waals surface area contributed by atoms with Gasteiger partial charge in [-0.1, -0.05) is 12.1 Å². The molecular formula is C21H23FN4O2S. The molecule has 3 aromatic rings. The maximum atomic E-state index is 13.4. The Bertz CT molecular complexity index is 1140. The first-order chi connectivity index (χ1) is 13.8. The zero-order valence-corrected chi connectivity index (χ0v) is 17.4. The molecule has 1 aliphatic rings. The number of halogens is 1. The lowest BCUT2D eigenvalue weighted by Crippen LogP contribution is -2.31. The number of aromatic nitrogens is 3.